The van der Waals surface area contributed by atoms with Crippen molar-refractivity contribution in [3.63, 3.8) is 0 Å². The maximum Gasteiger partial charge on any atom is 0.275 e. The average molecular weight is 309 g/mol. The van der Waals surface area contributed by atoms with Crippen LogP contribution >= 0.6 is 0 Å². The second-order valence-electron chi connectivity index (χ2n) is 6.21. The van der Waals surface area contributed by atoms with E-state index in [4.69, 9.17) is 0 Å². The summed E-state index contributed by atoms with van der Waals surface area (Å²) >= 11 is 0. The first-order valence-corrected chi connectivity index (χ1v) is 7.85. The molecule has 118 valence electrons. The Labute approximate surface area is 134 Å². The fraction of sp³-hybridized carbons (Fsp3) is 0.353. The lowest BCUT2D eigenvalue weighted by Gasteiger charge is -2.15. The molecule has 1 aromatic carbocycles. The Balaban J connectivity index is 1.58. The van der Waals surface area contributed by atoms with Gasteiger partial charge in [0.1, 0.15) is 5.82 Å². The Morgan fingerprint density at radius 2 is 2.17 bits per heavy atom. The molecule has 0 bridgehead atoms. The van der Waals surface area contributed by atoms with Gasteiger partial charge in [0.15, 0.2) is 5.69 Å². The van der Waals surface area contributed by atoms with Crippen LogP contribution in [0.1, 0.15) is 34.3 Å². The number of hydrogen-bond donors (Lipinski definition) is 1. The van der Waals surface area contributed by atoms with E-state index in [1.165, 1.54) is 0 Å². The van der Waals surface area contributed by atoms with Crippen molar-refractivity contribution >= 4 is 16.8 Å². The Bertz CT molecular complexity index is 878. The molecule has 1 fully saturated rings. The molecule has 0 spiro atoms. The van der Waals surface area contributed by atoms with Gasteiger partial charge in [0, 0.05) is 37.6 Å². The van der Waals surface area contributed by atoms with Crippen molar-refractivity contribution in [1.82, 2.24) is 24.6 Å². The minimum absolute atomic E-state index is 0.00381. The van der Waals surface area contributed by atoms with Crippen molar-refractivity contribution in [2.24, 2.45) is 7.05 Å². The number of para-hydroxylation sites is 1. The molecule has 0 saturated carbocycles. The molecule has 1 saturated heterocycles. The molecule has 1 N–H and O–H groups in total. The van der Waals surface area contributed by atoms with Crippen LogP contribution in [0.4, 0.5) is 0 Å². The van der Waals surface area contributed by atoms with Crippen molar-refractivity contribution < 1.29 is 4.79 Å². The second kappa shape index (κ2) is 5.22. The van der Waals surface area contributed by atoms with Crippen molar-refractivity contribution in [1.29, 1.82) is 0 Å². The molecule has 1 aliphatic heterocycles. The van der Waals surface area contributed by atoms with E-state index in [2.05, 4.69) is 19.7 Å². The topological polar surface area (TPSA) is 66.8 Å². The summed E-state index contributed by atoms with van der Waals surface area (Å²) in [6.45, 7) is 3.44. The van der Waals surface area contributed by atoms with Gasteiger partial charge in [-0.3, -0.25) is 9.89 Å². The molecule has 4 rings (SSSR count). The Morgan fingerprint density at radius 1 is 1.35 bits per heavy atom. The Morgan fingerprint density at radius 3 is 2.96 bits per heavy atom. The van der Waals surface area contributed by atoms with Gasteiger partial charge in [0.05, 0.1) is 11.2 Å². The number of hydrogen-bond acceptors (Lipinski definition) is 3. The SMILES string of the molecule is Cc1cn(C)c([C@H]2CCN(C(=O)c3n[nH]c4ccccc34)C2)n1. The quantitative estimate of drug-likeness (QED) is 0.789. The highest BCUT2D eigenvalue weighted by Crippen LogP contribution is 2.28. The van der Waals surface area contributed by atoms with E-state index in [9.17, 15) is 4.79 Å². The molecule has 3 heterocycles. The number of aromatic nitrogens is 4. The maximum atomic E-state index is 12.8. The highest BCUT2D eigenvalue weighted by Gasteiger charge is 2.31. The Kier molecular flexibility index (Phi) is 3.18. The molecular formula is C17H19N5O. The van der Waals surface area contributed by atoms with E-state index in [0.29, 0.717) is 18.2 Å². The smallest absolute Gasteiger partial charge is 0.275 e. The van der Waals surface area contributed by atoms with Crippen LogP contribution in [-0.4, -0.2) is 43.6 Å². The molecule has 23 heavy (non-hydrogen) atoms. The number of likely N-dealkylation sites (tertiary alicyclic amines) is 1. The van der Waals surface area contributed by atoms with Gasteiger partial charge in [-0.2, -0.15) is 5.10 Å². The zero-order chi connectivity index (χ0) is 16.0. The lowest BCUT2D eigenvalue weighted by Crippen LogP contribution is -2.29. The molecular weight excluding hydrogens is 290 g/mol. The lowest BCUT2D eigenvalue weighted by atomic mass is 10.1. The number of amides is 1. The van der Waals surface area contributed by atoms with Crippen molar-refractivity contribution in [2.45, 2.75) is 19.3 Å². The summed E-state index contributed by atoms with van der Waals surface area (Å²) in [7, 11) is 2.01. The summed E-state index contributed by atoms with van der Waals surface area (Å²) in [5.74, 6) is 1.35. The molecule has 3 aromatic rings. The van der Waals surface area contributed by atoms with E-state index >= 15 is 0 Å². The van der Waals surface area contributed by atoms with Gasteiger partial charge < -0.3 is 9.47 Å². The molecule has 2 aromatic heterocycles. The first-order valence-electron chi connectivity index (χ1n) is 7.85. The minimum Gasteiger partial charge on any atom is -0.337 e. The summed E-state index contributed by atoms with van der Waals surface area (Å²) < 4.78 is 2.07. The zero-order valence-corrected chi connectivity index (χ0v) is 13.3. The normalized spacial score (nSPS) is 18.0. The predicted octanol–water partition coefficient (Wildman–Crippen LogP) is 2.23. The van der Waals surface area contributed by atoms with Crippen LogP contribution in [0.2, 0.25) is 0 Å². The number of carbonyl (C=O) groups is 1. The third kappa shape index (κ3) is 2.30. The predicted molar refractivity (Wildman–Crippen MR) is 87.3 cm³/mol. The third-order valence-electron chi connectivity index (χ3n) is 4.55. The van der Waals surface area contributed by atoms with Crippen LogP contribution < -0.4 is 0 Å². The maximum absolute atomic E-state index is 12.8. The van der Waals surface area contributed by atoms with Crippen molar-refractivity contribution in [3.8, 4) is 0 Å². The number of rotatable bonds is 2. The van der Waals surface area contributed by atoms with Crippen LogP contribution in [-0.2, 0) is 7.05 Å². The number of H-pyrrole nitrogens is 1. The molecule has 1 amide bonds. The number of aryl methyl sites for hydroxylation is 2. The number of fused-ring (bicyclic) bond motifs is 1. The highest BCUT2D eigenvalue weighted by molar-refractivity contribution is 6.04. The van der Waals surface area contributed by atoms with Crippen LogP contribution in [0.25, 0.3) is 10.9 Å². The largest absolute Gasteiger partial charge is 0.337 e. The molecule has 0 aliphatic carbocycles. The van der Waals surface area contributed by atoms with Crippen molar-refractivity contribution in [3.05, 3.63) is 47.7 Å². The first-order chi connectivity index (χ1) is 11.1. The van der Waals surface area contributed by atoms with Crippen LogP contribution in [0, 0.1) is 6.92 Å². The monoisotopic (exact) mass is 309 g/mol. The van der Waals surface area contributed by atoms with Gasteiger partial charge in [0.2, 0.25) is 0 Å². The molecule has 6 heteroatoms. The average Bonchev–Trinajstić information content (AvgIpc) is 3.24. The number of nitrogens with zero attached hydrogens (tertiary/aromatic N) is 4. The van der Waals surface area contributed by atoms with E-state index in [1.54, 1.807) is 0 Å². The van der Waals surface area contributed by atoms with E-state index in [1.807, 2.05) is 49.3 Å². The number of imidazole rings is 1. The molecule has 6 nitrogen and oxygen atoms in total. The van der Waals surface area contributed by atoms with E-state index < -0.39 is 0 Å². The van der Waals surface area contributed by atoms with Crippen LogP contribution in [0.5, 0.6) is 0 Å². The van der Waals surface area contributed by atoms with E-state index in [-0.39, 0.29) is 5.91 Å². The van der Waals surface area contributed by atoms with Gasteiger partial charge in [-0.15, -0.1) is 0 Å². The number of nitrogens with one attached hydrogen (secondary N) is 1. The summed E-state index contributed by atoms with van der Waals surface area (Å²) in [6.07, 6.45) is 2.97. The molecule has 1 atom stereocenters. The van der Waals surface area contributed by atoms with Gasteiger partial charge in [-0.25, -0.2) is 4.98 Å². The number of aromatic amines is 1. The highest BCUT2D eigenvalue weighted by atomic mass is 16.2. The molecule has 1 aliphatic rings. The third-order valence-corrected chi connectivity index (χ3v) is 4.55. The standard InChI is InChI=1S/C17H19N5O/c1-11-9-21(2)16(18-11)12-7-8-22(10-12)17(23)15-13-5-3-4-6-14(13)19-20-15/h3-6,9,12H,7-8,10H2,1-2H3,(H,19,20)/t12-/m0/s1. The fourth-order valence-corrected chi connectivity index (χ4v) is 3.45. The van der Waals surface area contributed by atoms with Gasteiger partial charge in [0.25, 0.3) is 5.91 Å². The summed E-state index contributed by atoms with van der Waals surface area (Å²) in [5.41, 5.74) is 2.43. The lowest BCUT2D eigenvalue weighted by molar-refractivity contribution is 0.0786. The Hall–Kier alpha value is -2.63. The summed E-state index contributed by atoms with van der Waals surface area (Å²) in [6, 6.07) is 7.73. The molecule has 0 unspecified atom stereocenters. The van der Waals surface area contributed by atoms with Gasteiger partial charge >= 0.3 is 0 Å². The molecule has 0 radical (unpaired) electrons. The zero-order valence-electron chi connectivity index (χ0n) is 13.3. The fourth-order valence-electron chi connectivity index (χ4n) is 3.45. The number of benzene rings is 1. The van der Waals surface area contributed by atoms with Crippen LogP contribution in [0.15, 0.2) is 30.5 Å². The van der Waals surface area contributed by atoms with Crippen molar-refractivity contribution in [2.75, 3.05) is 13.1 Å². The van der Waals surface area contributed by atoms with Gasteiger partial charge in [-0.1, -0.05) is 18.2 Å². The second-order valence-corrected chi connectivity index (χ2v) is 6.21. The van der Waals surface area contributed by atoms with Crippen LogP contribution in [0.3, 0.4) is 0 Å². The van der Waals surface area contributed by atoms with E-state index in [0.717, 1.165) is 35.4 Å². The number of carbonyl (C=O) groups excluding carboxylic acids is 1. The summed E-state index contributed by atoms with van der Waals surface area (Å²) in [4.78, 5) is 19.3. The summed E-state index contributed by atoms with van der Waals surface area (Å²) in [5, 5.41) is 8.04. The van der Waals surface area contributed by atoms with Gasteiger partial charge in [-0.05, 0) is 19.4 Å². The first kappa shape index (κ1) is 14.0. The minimum atomic E-state index is -0.00381.